The molecule has 1 saturated heterocycles. The first-order chi connectivity index (χ1) is 8.40. The van der Waals surface area contributed by atoms with Crippen molar-refractivity contribution in [1.29, 1.82) is 0 Å². The molecule has 1 fully saturated rings. The molecule has 1 aliphatic heterocycles. The Morgan fingerprint density at radius 1 is 1.17 bits per heavy atom. The second-order valence-corrected chi connectivity index (χ2v) is 5.85. The Morgan fingerprint density at radius 2 is 1.78 bits per heavy atom. The van der Waals surface area contributed by atoms with Crippen molar-refractivity contribution in [3.8, 4) is 0 Å². The van der Waals surface area contributed by atoms with Crippen LogP contribution in [0, 0.1) is 0 Å². The van der Waals surface area contributed by atoms with E-state index in [0.29, 0.717) is 13.1 Å². The van der Waals surface area contributed by atoms with Gasteiger partial charge in [0, 0.05) is 32.7 Å². The molecule has 5 heteroatoms. The van der Waals surface area contributed by atoms with E-state index in [-0.39, 0.29) is 5.97 Å². The molecule has 0 bridgehead atoms. The molecule has 0 aromatic rings. The molecule has 2 N–H and O–H groups in total. The van der Waals surface area contributed by atoms with E-state index < -0.39 is 5.60 Å². The maximum atomic E-state index is 11.7. The molecule has 0 radical (unpaired) electrons. The Morgan fingerprint density at radius 3 is 2.39 bits per heavy atom. The van der Waals surface area contributed by atoms with Crippen LogP contribution in [0.25, 0.3) is 0 Å². The van der Waals surface area contributed by atoms with Crippen molar-refractivity contribution in [2.24, 2.45) is 5.73 Å². The zero-order valence-corrected chi connectivity index (χ0v) is 11.9. The third-order valence-electron chi connectivity index (χ3n) is 2.90. The first kappa shape index (κ1) is 15.4. The molecule has 0 atom stereocenters. The van der Waals surface area contributed by atoms with Crippen LogP contribution in [0.1, 0.15) is 27.2 Å². The smallest absolute Gasteiger partial charge is 0.320 e. The molecule has 1 aliphatic rings. The summed E-state index contributed by atoms with van der Waals surface area (Å²) < 4.78 is 5.34. The fourth-order valence-corrected chi connectivity index (χ4v) is 2.15. The number of ether oxygens (including phenoxy) is 1. The van der Waals surface area contributed by atoms with Crippen LogP contribution in [0.2, 0.25) is 0 Å². The summed E-state index contributed by atoms with van der Waals surface area (Å²) >= 11 is 0. The van der Waals surface area contributed by atoms with E-state index in [1.165, 1.54) is 0 Å². The number of esters is 1. The number of carbonyl (C=O) groups is 1. The fraction of sp³-hybridized carbons (Fsp3) is 0.923. The van der Waals surface area contributed by atoms with Crippen molar-refractivity contribution < 1.29 is 9.53 Å². The van der Waals surface area contributed by atoms with Crippen molar-refractivity contribution >= 4 is 5.97 Å². The molecular formula is C13H27N3O2. The highest BCUT2D eigenvalue weighted by Crippen LogP contribution is 2.08. The van der Waals surface area contributed by atoms with Gasteiger partial charge in [0.1, 0.15) is 5.60 Å². The largest absolute Gasteiger partial charge is 0.459 e. The molecule has 0 aliphatic carbocycles. The standard InChI is InChI=1S/C13H27N3O2/c1-13(2,3)18-12(17)11-16-7-4-6-15(8-5-14)9-10-16/h4-11,14H2,1-3H3. The summed E-state index contributed by atoms with van der Waals surface area (Å²) in [6, 6.07) is 0. The van der Waals surface area contributed by atoms with Gasteiger partial charge >= 0.3 is 5.97 Å². The summed E-state index contributed by atoms with van der Waals surface area (Å²) in [6.07, 6.45) is 1.09. The van der Waals surface area contributed by atoms with E-state index >= 15 is 0 Å². The minimum absolute atomic E-state index is 0.130. The maximum Gasteiger partial charge on any atom is 0.320 e. The molecule has 0 spiro atoms. The van der Waals surface area contributed by atoms with Crippen LogP contribution >= 0.6 is 0 Å². The maximum absolute atomic E-state index is 11.7. The van der Waals surface area contributed by atoms with Crippen LogP contribution in [-0.2, 0) is 9.53 Å². The highest BCUT2D eigenvalue weighted by molar-refractivity contribution is 5.72. The molecule has 1 heterocycles. The topological polar surface area (TPSA) is 58.8 Å². The van der Waals surface area contributed by atoms with Crippen LogP contribution in [0.4, 0.5) is 0 Å². The second-order valence-electron chi connectivity index (χ2n) is 5.85. The number of nitrogens with zero attached hydrogens (tertiary/aromatic N) is 2. The molecule has 0 amide bonds. The summed E-state index contributed by atoms with van der Waals surface area (Å²) in [5.74, 6) is -0.130. The minimum atomic E-state index is -0.394. The summed E-state index contributed by atoms with van der Waals surface area (Å²) in [5, 5.41) is 0. The average Bonchev–Trinajstić information content (AvgIpc) is 2.42. The van der Waals surface area contributed by atoms with Gasteiger partial charge in [-0.2, -0.15) is 0 Å². The van der Waals surface area contributed by atoms with Gasteiger partial charge in [-0.3, -0.25) is 9.69 Å². The van der Waals surface area contributed by atoms with Crippen LogP contribution in [0.3, 0.4) is 0 Å². The summed E-state index contributed by atoms with van der Waals surface area (Å²) in [5.41, 5.74) is 5.17. The van der Waals surface area contributed by atoms with E-state index in [1.54, 1.807) is 0 Å². The van der Waals surface area contributed by atoms with Gasteiger partial charge in [0.05, 0.1) is 6.54 Å². The average molecular weight is 257 g/mol. The zero-order chi connectivity index (χ0) is 13.6. The van der Waals surface area contributed by atoms with Crippen LogP contribution < -0.4 is 5.73 Å². The molecular weight excluding hydrogens is 230 g/mol. The highest BCUT2D eigenvalue weighted by atomic mass is 16.6. The molecule has 0 unspecified atom stereocenters. The zero-order valence-electron chi connectivity index (χ0n) is 11.9. The Bertz CT molecular complexity index is 263. The van der Waals surface area contributed by atoms with E-state index in [4.69, 9.17) is 10.5 Å². The lowest BCUT2D eigenvalue weighted by molar-refractivity contribution is -0.156. The molecule has 0 saturated carbocycles. The molecule has 1 rings (SSSR count). The van der Waals surface area contributed by atoms with Gasteiger partial charge < -0.3 is 15.4 Å². The molecule has 18 heavy (non-hydrogen) atoms. The number of nitrogens with two attached hydrogens (primary N) is 1. The molecule has 0 aromatic carbocycles. The van der Waals surface area contributed by atoms with Crippen molar-refractivity contribution in [3.05, 3.63) is 0 Å². The molecule has 0 aromatic heterocycles. The van der Waals surface area contributed by atoms with Crippen LogP contribution in [-0.4, -0.2) is 67.2 Å². The van der Waals surface area contributed by atoms with E-state index in [0.717, 1.165) is 39.1 Å². The summed E-state index contributed by atoms with van der Waals surface area (Å²) in [4.78, 5) is 16.3. The SMILES string of the molecule is CC(C)(C)OC(=O)CN1CCCN(CCN)CC1. The van der Waals surface area contributed by atoms with Gasteiger partial charge in [-0.05, 0) is 33.7 Å². The fourth-order valence-electron chi connectivity index (χ4n) is 2.15. The lowest BCUT2D eigenvalue weighted by Gasteiger charge is -2.24. The normalized spacial score (nSPS) is 19.6. The lowest BCUT2D eigenvalue weighted by atomic mass is 10.2. The molecule has 5 nitrogen and oxygen atoms in total. The van der Waals surface area contributed by atoms with Crippen LogP contribution in [0.15, 0.2) is 0 Å². The first-order valence-corrected chi connectivity index (χ1v) is 6.77. The van der Waals surface area contributed by atoms with E-state index in [2.05, 4.69) is 9.80 Å². The van der Waals surface area contributed by atoms with Crippen LogP contribution in [0.5, 0.6) is 0 Å². The Hall–Kier alpha value is -0.650. The van der Waals surface area contributed by atoms with Crippen molar-refractivity contribution in [1.82, 2.24) is 9.80 Å². The molecule has 106 valence electrons. The van der Waals surface area contributed by atoms with Gasteiger partial charge in [0.2, 0.25) is 0 Å². The number of hydrogen-bond acceptors (Lipinski definition) is 5. The van der Waals surface area contributed by atoms with Gasteiger partial charge in [0.25, 0.3) is 0 Å². The number of carbonyl (C=O) groups excluding carboxylic acids is 1. The van der Waals surface area contributed by atoms with Crippen molar-refractivity contribution in [3.63, 3.8) is 0 Å². The van der Waals surface area contributed by atoms with Gasteiger partial charge in [0.15, 0.2) is 0 Å². The predicted molar refractivity (Wildman–Crippen MR) is 72.4 cm³/mol. The predicted octanol–water partition coefficient (Wildman–Crippen LogP) is 0.295. The quantitative estimate of drug-likeness (QED) is 0.734. The third kappa shape index (κ3) is 6.33. The Balaban J connectivity index is 2.33. The van der Waals surface area contributed by atoms with Crippen molar-refractivity contribution in [2.75, 3.05) is 45.8 Å². The second kappa shape index (κ2) is 7.07. The first-order valence-electron chi connectivity index (χ1n) is 6.77. The highest BCUT2D eigenvalue weighted by Gasteiger charge is 2.20. The third-order valence-corrected chi connectivity index (χ3v) is 2.90. The lowest BCUT2D eigenvalue weighted by Crippen LogP contribution is -2.38. The van der Waals surface area contributed by atoms with E-state index in [1.807, 2.05) is 20.8 Å². The van der Waals surface area contributed by atoms with Crippen molar-refractivity contribution in [2.45, 2.75) is 32.8 Å². The summed E-state index contributed by atoms with van der Waals surface area (Å²) in [6.45, 7) is 11.7. The van der Waals surface area contributed by atoms with Gasteiger partial charge in [-0.15, -0.1) is 0 Å². The van der Waals surface area contributed by atoms with Gasteiger partial charge in [-0.1, -0.05) is 0 Å². The summed E-state index contributed by atoms with van der Waals surface area (Å²) in [7, 11) is 0. The minimum Gasteiger partial charge on any atom is -0.459 e. The van der Waals surface area contributed by atoms with Gasteiger partial charge in [-0.25, -0.2) is 0 Å². The Labute approximate surface area is 110 Å². The number of rotatable bonds is 4. The Kier molecular flexibility index (Phi) is 6.05. The number of hydrogen-bond donors (Lipinski definition) is 1. The van der Waals surface area contributed by atoms with E-state index in [9.17, 15) is 4.79 Å². The monoisotopic (exact) mass is 257 g/mol.